The first-order valence-electron chi connectivity index (χ1n) is 7.22. The van der Waals surface area contributed by atoms with Crippen LogP contribution in [-0.4, -0.2) is 42.4 Å². The lowest BCUT2D eigenvalue weighted by atomic mass is 10.0. The highest BCUT2D eigenvalue weighted by molar-refractivity contribution is 5.94. The summed E-state index contributed by atoms with van der Waals surface area (Å²) in [6.45, 7) is 6.84. The van der Waals surface area contributed by atoms with Crippen molar-refractivity contribution in [2.24, 2.45) is 5.73 Å². The molecule has 5 heteroatoms. The number of rotatable bonds is 4. The summed E-state index contributed by atoms with van der Waals surface area (Å²) in [7, 11) is 0. The average molecular weight is 287 g/mol. The van der Waals surface area contributed by atoms with E-state index >= 15 is 0 Å². The number of morpholine rings is 1. The monoisotopic (exact) mass is 287 g/mol. The average Bonchev–Trinajstić information content (AvgIpc) is 2.91. The molecular weight excluding hydrogens is 266 g/mol. The van der Waals surface area contributed by atoms with Crippen LogP contribution in [0.2, 0.25) is 0 Å². The van der Waals surface area contributed by atoms with Gasteiger partial charge in [0.15, 0.2) is 0 Å². The highest BCUT2D eigenvalue weighted by atomic mass is 16.5. The minimum absolute atomic E-state index is 0.0219. The van der Waals surface area contributed by atoms with Crippen molar-refractivity contribution >= 4 is 16.6 Å². The van der Waals surface area contributed by atoms with Crippen molar-refractivity contribution in [1.29, 1.82) is 0 Å². The maximum Gasteiger partial charge on any atom is 0.102 e. The molecule has 1 fully saturated rings. The summed E-state index contributed by atoms with van der Waals surface area (Å²) >= 11 is 0. The van der Waals surface area contributed by atoms with Crippen LogP contribution in [-0.2, 0) is 11.2 Å². The summed E-state index contributed by atoms with van der Waals surface area (Å²) in [5.74, 6) is 0.0219. The van der Waals surface area contributed by atoms with E-state index in [0.717, 1.165) is 42.8 Å². The van der Waals surface area contributed by atoms with Crippen LogP contribution in [0.5, 0.6) is 0 Å². The number of anilines is 1. The number of aromatic amines is 1. The Morgan fingerprint density at radius 1 is 1.43 bits per heavy atom. The van der Waals surface area contributed by atoms with Crippen molar-refractivity contribution in [3.63, 3.8) is 0 Å². The van der Waals surface area contributed by atoms with Crippen molar-refractivity contribution in [2.75, 3.05) is 31.2 Å². The lowest BCUT2D eigenvalue weighted by Gasteiger charge is -2.29. The third-order valence-corrected chi connectivity index (χ3v) is 4.00. The van der Waals surface area contributed by atoms with Gasteiger partial charge in [-0.2, -0.15) is 0 Å². The topological polar surface area (TPSA) is 74.5 Å². The predicted molar refractivity (Wildman–Crippen MR) is 84.8 cm³/mol. The number of hydrogen-bond donors (Lipinski definition) is 3. The Kier molecular flexibility index (Phi) is 3.86. The summed E-state index contributed by atoms with van der Waals surface area (Å²) in [4.78, 5) is 5.68. The van der Waals surface area contributed by atoms with Crippen molar-refractivity contribution in [3.8, 4) is 0 Å². The Morgan fingerprint density at radius 2 is 2.19 bits per heavy atom. The number of benzene rings is 1. The van der Waals surface area contributed by atoms with E-state index < -0.39 is 6.04 Å². The second-order valence-electron chi connectivity index (χ2n) is 5.41. The molecule has 1 atom stereocenters. The SMILES string of the molecule is C=C(O)C(N)Cc1c[nH]c2c(N3CCOCC3)cccc12. The first-order valence-corrected chi connectivity index (χ1v) is 7.22. The largest absolute Gasteiger partial charge is 0.511 e. The summed E-state index contributed by atoms with van der Waals surface area (Å²) in [6, 6.07) is 5.83. The van der Waals surface area contributed by atoms with E-state index in [-0.39, 0.29) is 5.76 Å². The van der Waals surface area contributed by atoms with Gasteiger partial charge in [0.25, 0.3) is 0 Å². The Morgan fingerprint density at radius 3 is 2.90 bits per heavy atom. The Bertz CT molecular complexity index is 644. The van der Waals surface area contributed by atoms with E-state index in [0.29, 0.717) is 6.42 Å². The van der Waals surface area contributed by atoms with E-state index in [4.69, 9.17) is 10.5 Å². The second kappa shape index (κ2) is 5.79. The Hall–Kier alpha value is -1.98. The van der Waals surface area contributed by atoms with Crippen molar-refractivity contribution in [2.45, 2.75) is 12.5 Å². The zero-order valence-electron chi connectivity index (χ0n) is 12.0. The van der Waals surface area contributed by atoms with Crippen molar-refractivity contribution in [1.82, 2.24) is 4.98 Å². The van der Waals surface area contributed by atoms with E-state index in [2.05, 4.69) is 34.7 Å². The highest BCUT2D eigenvalue weighted by Gasteiger charge is 2.17. The molecule has 4 N–H and O–H groups in total. The number of H-pyrrole nitrogens is 1. The number of nitrogens with zero attached hydrogens (tertiary/aromatic N) is 1. The van der Waals surface area contributed by atoms with Crippen molar-refractivity contribution < 1.29 is 9.84 Å². The second-order valence-corrected chi connectivity index (χ2v) is 5.41. The number of aliphatic hydroxyl groups excluding tert-OH is 1. The van der Waals surface area contributed by atoms with E-state index in [1.165, 1.54) is 5.69 Å². The molecule has 1 aliphatic rings. The quantitative estimate of drug-likeness (QED) is 0.751. The molecule has 1 aromatic carbocycles. The van der Waals surface area contributed by atoms with Crippen LogP contribution in [0.4, 0.5) is 5.69 Å². The molecule has 2 heterocycles. The summed E-state index contributed by atoms with van der Waals surface area (Å²) < 4.78 is 5.41. The van der Waals surface area contributed by atoms with Crippen LogP contribution in [0.3, 0.4) is 0 Å². The van der Waals surface area contributed by atoms with Crippen LogP contribution >= 0.6 is 0 Å². The Balaban J connectivity index is 1.94. The molecule has 0 radical (unpaired) electrons. The molecule has 1 aliphatic heterocycles. The van der Waals surface area contributed by atoms with Gasteiger partial charge in [0.05, 0.1) is 30.5 Å². The zero-order chi connectivity index (χ0) is 14.8. The molecule has 0 saturated carbocycles. The molecule has 2 aromatic rings. The fourth-order valence-corrected chi connectivity index (χ4v) is 2.79. The van der Waals surface area contributed by atoms with Gasteiger partial charge in [0.1, 0.15) is 5.76 Å². The number of para-hydroxylation sites is 1. The molecule has 0 bridgehead atoms. The maximum absolute atomic E-state index is 9.40. The molecular formula is C16H21N3O2. The summed E-state index contributed by atoms with van der Waals surface area (Å²) in [5.41, 5.74) is 9.30. The third kappa shape index (κ3) is 2.75. The maximum atomic E-state index is 9.40. The molecule has 0 spiro atoms. The van der Waals surface area contributed by atoms with Gasteiger partial charge in [0, 0.05) is 24.7 Å². The van der Waals surface area contributed by atoms with E-state index in [1.54, 1.807) is 0 Å². The molecule has 1 unspecified atom stereocenters. The molecule has 21 heavy (non-hydrogen) atoms. The van der Waals surface area contributed by atoms with Gasteiger partial charge >= 0.3 is 0 Å². The van der Waals surface area contributed by atoms with Gasteiger partial charge in [-0.25, -0.2) is 0 Å². The van der Waals surface area contributed by atoms with Gasteiger partial charge in [-0.1, -0.05) is 18.7 Å². The number of nitrogens with two attached hydrogens (primary N) is 1. The number of aromatic nitrogens is 1. The summed E-state index contributed by atoms with van der Waals surface area (Å²) in [6.07, 6.45) is 2.54. The molecule has 5 nitrogen and oxygen atoms in total. The van der Waals surface area contributed by atoms with Crippen LogP contribution in [0, 0.1) is 0 Å². The van der Waals surface area contributed by atoms with Crippen LogP contribution in [0.25, 0.3) is 10.9 Å². The van der Waals surface area contributed by atoms with E-state index in [1.807, 2.05) is 6.20 Å². The van der Waals surface area contributed by atoms with Crippen LogP contribution in [0.1, 0.15) is 5.56 Å². The number of nitrogens with one attached hydrogen (secondary N) is 1. The molecule has 1 saturated heterocycles. The lowest BCUT2D eigenvalue weighted by Crippen LogP contribution is -2.36. The number of aliphatic hydroxyl groups is 1. The lowest BCUT2D eigenvalue weighted by molar-refractivity contribution is 0.123. The van der Waals surface area contributed by atoms with Crippen molar-refractivity contribution in [3.05, 3.63) is 42.3 Å². The molecule has 1 aromatic heterocycles. The fraction of sp³-hybridized carbons (Fsp3) is 0.375. The zero-order valence-corrected chi connectivity index (χ0v) is 12.0. The van der Waals surface area contributed by atoms with Crippen LogP contribution < -0.4 is 10.6 Å². The Labute approximate surface area is 124 Å². The van der Waals surface area contributed by atoms with Gasteiger partial charge < -0.3 is 25.5 Å². The molecule has 0 aliphatic carbocycles. The fourth-order valence-electron chi connectivity index (χ4n) is 2.79. The van der Waals surface area contributed by atoms with E-state index in [9.17, 15) is 5.11 Å². The first-order chi connectivity index (χ1) is 10.2. The minimum atomic E-state index is -0.434. The van der Waals surface area contributed by atoms with Gasteiger partial charge in [0.2, 0.25) is 0 Å². The minimum Gasteiger partial charge on any atom is -0.511 e. The smallest absolute Gasteiger partial charge is 0.102 e. The number of ether oxygens (including phenoxy) is 1. The standard InChI is InChI=1S/C16H21N3O2/c1-11(20)14(17)9-12-10-18-16-13(12)3-2-4-15(16)19-5-7-21-8-6-19/h2-4,10,14,18,20H,1,5-9,17H2. The van der Waals surface area contributed by atoms with Crippen LogP contribution in [0.15, 0.2) is 36.7 Å². The van der Waals surface area contributed by atoms with Gasteiger partial charge in [-0.3, -0.25) is 0 Å². The highest BCUT2D eigenvalue weighted by Crippen LogP contribution is 2.29. The predicted octanol–water partition coefficient (Wildman–Crippen LogP) is 1.95. The third-order valence-electron chi connectivity index (χ3n) is 4.00. The molecule has 112 valence electrons. The number of fused-ring (bicyclic) bond motifs is 1. The normalized spacial score (nSPS) is 17.1. The number of hydrogen-bond acceptors (Lipinski definition) is 4. The summed E-state index contributed by atoms with van der Waals surface area (Å²) in [5, 5.41) is 10.5. The van der Waals surface area contributed by atoms with Gasteiger partial charge in [-0.05, 0) is 18.1 Å². The first kappa shape index (κ1) is 14.0. The molecule has 0 amide bonds. The molecule has 3 rings (SSSR count). The van der Waals surface area contributed by atoms with Gasteiger partial charge in [-0.15, -0.1) is 0 Å².